The van der Waals surface area contributed by atoms with Gasteiger partial charge in [-0.05, 0) is 30.0 Å². The van der Waals surface area contributed by atoms with Crippen LogP contribution in [-0.4, -0.2) is 9.97 Å². The van der Waals surface area contributed by atoms with Gasteiger partial charge in [-0.15, -0.1) is 11.3 Å². The van der Waals surface area contributed by atoms with E-state index in [-0.39, 0.29) is 11.3 Å². The van der Waals surface area contributed by atoms with Crippen LogP contribution in [0.4, 0.5) is 5.82 Å². The molecule has 0 aliphatic heterocycles. The molecule has 2 heterocycles. The van der Waals surface area contributed by atoms with Crippen molar-refractivity contribution < 1.29 is 0 Å². The number of halogens is 2. The molecule has 0 aliphatic carbocycles. The molecule has 2 rings (SSSR count). The van der Waals surface area contributed by atoms with Crippen LogP contribution in [0.1, 0.15) is 17.8 Å². The van der Waals surface area contributed by atoms with Gasteiger partial charge in [0, 0.05) is 4.88 Å². The van der Waals surface area contributed by atoms with E-state index in [1.165, 1.54) is 11.1 Å². The third-order valence-electron chi connectivity index (χ3n) is 2.04. The molecule has 0 spiro atoms. The Hall–Kier alpha value is -0.840. The molecule has 1 atom stereocenters. The third-order valence-corrected chi connectivity index (χ3v) is 3.55. The van der Waals surface area contributed by atoms with Gasteiger partial charge >= 0.3 is 0 Å². The summed E-state index contributed by atoms with van der Waals surface area (Å²) in [7, 11) is 0. The van der Waals surface area contributed by atoms with Crippen LogP contribution in [0.15, 0.2) is 23.7 Å². The first-order valence-corrected chi connectivity index (χ1v) is 6.28. The normalized spacial score (nSPS) is 12.4. The Morgan fingerprint density at radius 2 is 2.25 bits per heavy atom. The monoisotopic (exact) mass is 273 g/mol. The van der Waals surface area contributed by atoms with Crippen molar-refractivity contribution in [1.82, 2.24) is 9.97 Å². The van der Waals surface area contributed by atoms with Gasteiger partial charge in [-0.3, -0.25) is 0 Å². The molecule has 1 unspecified atom stereocenters. The Morgan fingerprint density at radius 1 is 1.44 bits per heavy atom. The van der Waals surface area contributed by atoms with Crippen LogP contribution in [0.5, 0.6) is 0 Å². The van der Waals surface area contributed by atoms with Crippen molar-refractivity contribution in [2.24, 2.45) is 0 Å². The Morgan fingerprint density at radius 3 is 2.94 bits per heavy atom. The minimum atomic E-state index is 0.142. The van der Waals surface area contributed by atoms with E-state index in [0.29, 0.717) is 10.8 Å². The zero-order chi connectivity index (χ0) is 11.5. The number of nitrogens with one attached hydrogen (secondary N) is 1. The minimum Gasteiger partial charge on any atom is -0.361 e. The lowest BCUT2D eigenvalue weighted by Gasteiger charge is -2.13. The first-order chi connectivity index (χ1) is 7.66. The summed E-state index contributed by atoms with van der Waals surface area (Å²) in [6.07, 6.45) is 1.49. The first kappa shape index (κ1) is 11.6. The molecule has 2 aromatic rings. The number of hydrogen-bond acceptors (Lipinski definition) is 4. The average Bonchev–Trinajstić information content (AvgIpc) is 2.76. The summed E-state index contributed by atoms with van der Waals surface area (Å²) in [6.45, 7) is 2.04. The van der Waals surface area contributed by atoms with Gasteiger partial charge in [0.05, 0.1) is 12.2 Å². The summed E-state index contributed by atoms with van der Waals surface area (Å²) in [5.74, 6) is 0.558. The lowest BCUT2D eigenvalue weighted by molar-refractivity contribution is 0.893. The van der Waals surface area contributed by atoms with Crippen LogP contribution in [0.3, 0.4) is 0 Å². The maximum atomic E-state index is 5.96. The molecule has 0 saturated carbocycles. The molecule has 0 saturated heterocycles. The molecule has 2 aromatic heterocycles. The second kappa shape index (κ2) is 4.99. The summed E-state index contributed by atoms with van der Waals surface area (Å²) in [4.78, 5) is 9.05. The number of hydrogen-bond donors (Lipinski definition) is 1. The van der Waals surface area contributed by atoms with Crippen LogP contribution in [0.2, 0.25) is 10.3 Å². The lowest BCUT2D eigenvalue weighted by Crippen LogP contribution is -2.07. The molecule has 0 aromatic carbocycles. The SMILES string of the molecule is CC(Nc1nc(Cl)ncc1Cl)c1cccs1. The second-order valence-electron chi connectivity index (χ2n) is 3.22. The molecule has 0 bridgehead atoms. The molecule has 0 amide bonds. The summed E-state index contributed by atoms with van der Waals surface area (Å²) >= 11 is 13.3. The summed E-state index contributed by atoms with van der Waals surface area (Å²) in [5, 5.41) is 5.88. The molecule has 1 N–H and O–H groups in total. The van der Waals surface area contributed by atoms with E-state index in [1.807, 2.05) is 18.4 Å². The lowest BCUT2D eigenvalue weighted by atomic mass is 10.3. The van der Waals surface area contributed by atoms with Gasteiger partial charge in [0.25, 0.3) is 0 Å². The predicted molar refractivity (Wildman–Crippen MR) is 68.4 cm³/mol. The maximum absolute atomic E-state index is 5.96. The van der Waals surface area contributed by atoms with Gasteiger partial charge in [-0.2, -0.15) is 4.98 Å². The largest absolute Gasteiger partial charge is 0.361 e. The number of nitrogens with zero attached hydrogens (tertiary/aromatic N) is 2. The van der Waals surface area contributed by atoms with Gasteiger partial charge in [0.1, 0.15) is 10.8 Å². The number of thiophene rings is 1. The van der Waals surface area contributed by atoms with Crippen LogP contribution in [-0.2, 0) is 0 Å². The quantitative estimate of drug-likeness (QED) is 0.859. The Balaban J connectivity index is 2.17. The van der Waals surface area contributed by atoms with Gasteiger partial charge < -0.3 is 5.32 Å². The molecule has 16 heavy (non-hydrogen) atoms. The highest BCUT2D eigenvalue weighted by Gasteiger charge is 2.10. The summed E-state index contributed by atoms with van der Waals surface area (Å²) in [6, 6.07) is 4.20. The Kier molecular flexibility index (Phi) is 3.63. The number of anilines is 1. The molecule has 0 aliphatic rings. The fourth-order valence-corrected chi connectivity index (χ4v) is 2.27. The van der Waals surface area contributed by atoms with E-state index in [4.69, 9.17) is 23.2 Å². The highest BCUT2D eigenvalue weighted by molar-refractivity contribution is 7.10. The second-order valence-corrected chi connectivity index (χ2v) is 4.94. The van der Waals surface area contributed by atoms with Crippen molar-refractivity contribution in [3.63, 3.8) is 0 Å². The van der Waals surface area contributed by atoms with Crippen molar-refractivity contribution in [3.05, 3.63) is 38.9 Å². The van der Waals surface area contributed by atoms with E-state index in [0.717, 1.165) is 0 Å². The van der Waals surface area contributed by atoms with Crippen molar-refractivity contribution in [3.8, 4) is 0 Å². The molecule has 0 radical (unpaired) electrons. The zero-order valence-corrected chi connectivity index (χ0v) is 10.8. The fourth-order valence-electron chi connectivity index (χ4n) is 1.26. The summed E-state index contributed by atoms with van der Waals surface area (Å²) < 4.78 is 0. The van der Waals surface area contributed by atoms with E-state index in [2.05, 4.69) is 21.4 Å². The molecule has 6 heteroatoms. The van der Waals surface area contributed by atoms with Crippen LogP contribution in [0, 0.1) is 0 Å². The third kappa shape index (κ3) is 2.64. The van der Waals surface area contributed by atoms with Crippen LogP contribution >= 0.6 is 34.5 Å². The zero-order valence-electron chi connectivity index (χ0n) is 8.45. The van der Waals surface area contributed by atoms with Crippen molar-refractivity contribution in [2.75, 3.05) is 5.32 Å². The Bertz CT molecular complexity index is 473. The van der Waals surface area contributed by atoms with E-state index in [9.17, 15) is 0 Å². The van der Waals surface area contributed by atoms with E-state index >= 15 is 0 Å². The van der Waals surface area contributed by atoms with E-state index in [1.54, 1.807) is 11.3 Å². The fraction of sp³-hybridized carbons (Fsp3) is 0.200. The van der Waals surface area contributed by atoms with Crippen LogP contribution in [0.25, 0.3) is 0 Å². The predicted octanol–water partition coefficient (Wildman–Crippen LogP) is 4.02. The Labute approximate surface area is 107 Å². The van der Waals surface area contributed by atoms with Gasteiger partial charge in [0.15, 0.2) is 0 Å². The first-order valence-electron chi connectivity index (χ1n) is 4.65. The van der Waals surface area contributed by atoms with E-state index < -0.39 is 0 Å². The average molecular weight is 274 g/mol. The highest BCUT2D eigenvalue weighted by atomic mass is 35.5. The molecule has 0 fully saturated rings. The highest BCUT2D eigenvalue weighted by Crippen LogP contribution is 2.26. The van der Waals surface area contributed by atoms with Gasteiger partial charge in [-0.25, -0.2) is 4.98 Å². The molecule has 84 valence electrons. The number of aromatic nitrogens is 2. The topological polar surface area (TPSA) is 37.8 Å². The summed E-state index contributed by atoms with van der Waals surface area (Å²) in [5.41, 5.74) is 0. The van der Waals surface area contributed by atoms with Gasteiger partial charge in [-0.1, -0.05) is 17.7 Å². The maximum Gasteiger partial charge on any atom is 0.224 e. The minimum absolute atomic E-state index is 0.142. The van der Waals surface area contributed by atoms with Crippen molar-refractivity contribution in [1.29, 1.82) is 0 Å². The molecular formula is C10H9Cl2N3S. The van der Waals surface area contributed by atoms with Gasteiger partial charge in [0.2, 0.25) is 5.28 Å². The van der Waals surface area contributed by atoms with Crippen molar-refractivity contribution >= 4 is 40.4 Å². The standard InChI is InChI=1S/C10H9Cl2N3S/c1-6(8-3-2-4-16-8)14-9-7(11)5-13-10(12)15-9/h2-6H,1H3,(H,13,14,15). The molecule has 3 nitrogen and oxygen atoms in total. The molecular weight excluding hydrogens is 265 g/mol. The number of rotatable bonds is 3. The van der Waals surface area contributed by atoms with Crippen molar-refractivity contribution in [2.45, 2.75) is 13.0 Å². The smallest absolute Gasteiger partial charge is 0.224 e. The van der Waals surface area contributed by atoms with Crippen LogP contribution < -0.4 is 5.32 Å².